The second-order valence-electron chi connectivity index (χ2n) is 13.0. The number of benzene rings is 2. The van der Waals surface area contributed by atoms with E-state index in [1.54, 1.807) is 9.80 Å². The van der Waals surface area contributed by atoms with Crippen molar-refractivity contribution >= 4 is 45.3 Å². The number of anilines is 1. The topological polar surface area (TPSA) is 125 Å². The first-order chi connectivity index (χ1) is 23.2. The predicted molar refractivity (Wildman–Crippen MR) is 183 cm³/mol. The smallest absolute Gasteiger partial charge is 0.306 e. The number of para-hydroxylation sites is 1. The molecule has 2 aromatic rings. The van der Waals surface area contributed by atoms with Gasteiger partial charge in [-0.1, -0.05) is 76.6 Å². The van der Waals surface area contributed by atoms with Gasteiger partial charge in [-0.25, -0.2) is 0 Å². The van der Waals surface area contributed by atoms with Gasteiger partial charge in [0.25, 0.3) is 5.91 Å². The lowest BCUT2D eigenvalue weighted by atomic mass is 9.74. The molecule has 3 amide bonds. The van der Waals surface area contributed by atoms with Crippen molar-refractivity contribution in [2.24, 2.45) is 11.8 Å². The zero-order valence-corrected chi connectivity index (χ0v) is 28.9. The largest absolute Gasteiger partial charge is 0.463 e. The van der Waals surface area contributed by atoms with Crippen LogP contribution in [0.2, 0.25) is 0 Å². The summed E-state index contributed by atoms with van der Waals surface area (Å²) >= 11 is 3.63. The van der Waals surface area contributed by atoms with E-state index in [4.69, 9.17) is 9.47 Å². The van der Waals surface area contributed by atoms with Crippen LogP contribution in [-0.4, -0.2) is 77.7 Å². The molecule has 0 saturated carbocycles. The Labute approximate surface area is 289 Å². The average molecular weight is 721 g/mol. The highest BCUT2D eigenvalue weighted by atomic mass is 79.9. The number of halogens is 1. The minimum atomic E-state index is -1.38. The van der Waals surface area contributed by atoms with Gasteiger partial charge >= 0.3 is 5.97 Å². The predicted octanol–water partition coefficient (Wildman–Crippen LogP) is 4.42. The van der Waals surface area contributed by atoms with E-state index in [0.717, 1.165) is 22.4 Å². The first-order valence-electron chi connectivity index (χ1n) is 16.7. The molecule has 0 unspecified atom stereocenters. The lowest BCUT2D eigenvalue weighted by molar-refractivity contribution is -0.145. The summed E-state index contributed by atoms with van der Waals surface area (Å²) in [5, 5.41) is 12.5. The second kappa shape index (κ2) is 14.4. The van der Waals surface area contributed by atoms with Crippen LogP contribution in [-0.2, 0) is 28.7 Å². The molecule has 2 saturated heterocycles. The number of aliphatic hydroxyl groups is 1. The van der Waals surface area contributed by atoms with Gasteiger partial charge in [0.15, 0.2) is 0 Å². The van der Waals surface area contributed by atoms with Crippen molar-refractivity contribution in [3.05, 3.63) is 87.9 Å². The molecule has 10 nitrogen and oxygen atoms in total. The van der Waals surface area contributed by atoms with Gasteiger partial charge in [0.2, 0.25) is 11.8 Å². The van der Waals surface area contributed by atoms with Gasteiger partial charge in [0.05, 0.1) is 17.9 Å². The fourth-order valence-corrected chi connectivity index (χ4v) is 8.43. The number of rotatable bonds is 7. The zero-order valence-electron chi connectivity index (χ0n) is 27.3. The second-order valence-corrected chi connectivity index (χ2v) is 13.9. The fraction of sp³-hybridized carbons (Fsp3) is 0.459. The van der Waals surface area contributed by atoms with Crippen molar-refractivity contribution in [3.63, 3.8) is 0 Å². The lowest BCUT2D eigenvalue weighted by Crippen LogP contribution is -2.56. The number of hydrogen-bond acceptors (Lipinski definition) is 7. The van der Waals surface area contributed by atoms with Crippen LogP contribution in [0, 0.1) is 25.7 Å². The number of esters is 1. The Hall–Kier alpha value is -3.80. The quantitative estimate of drug-likeness (QED) is 0.247. The van der Waals surface area contributed by atoms with Crippen molar-refractivity contribution in [2.75, 3.05) is 31.2 Å². The van der Waals surface area contributed by atoms with Crippen LogP contribution in [0.5, 0.6) is 0 Å². The molecule has 1 spiro atoms. The minimum absolute atomic E-state index is 0.0379. The molecule has 254 valence electrons. The molecule has 0 aromatic heterocycles. The van der Waals surface area contributed by atoms with Crippen molar-refractivity contribution in [1.82, 2.24) is 10.2 Å². The number of aryl methyl sites for hydroxylation is 2. The van der Waals surface area contributed by atoms with E-state index < -0.39 is 47.5 Å². The van der Waals surface area contributed by atoms with Gasteiger partial charge in [0.1, 0.15) is 24.4 Å². The number of likely N-dealkylation sites (tertiary alicyclic amines) is 1. The number of unbranched alkanes of at least 4 members (excludes halogenated alkanes) is 2. The summed E-state index contributed by atoms with van der Waals surface area (Å²) in [5.74, 6) is -3.31. The summed E-state index contributed by atoms with van der Waals surface area (Å²) in [6.07, 6.45) is 7.16. The van der Waals surface area contributed by atoms with Crippen LogP contribution < -0.4 is 10.2 Å². The molecule has 4 aliphatic heterocycles. The summed E-state index contributed by atoms with van der Waals surface area (Å²) in [7, 11) is 0. The lowest BCUT2D eigenvalue weighted by Gasteiger charge is -2.36. The summed E-state index contributed by atoms with van der Waals surface area (Å²) < 4.78 is 13.0. The van der Waals surface area contributed by atoms with Gasteiger partial charge in [0, 0.05) is 36.3 Å². The Kier molecular flexibility index (Phi) is 10.2. The third-order valence-corrected chi connectivity index (χ3v) is 10.6. The van der Waals surface area contributed by atoms with Crippen LogP contribution in [0.1, 0.15) is 54.8 Å². The summed E-state index contributed by atoms with van der Waals surface area (Å²) in [6.45, 7) is 4.34. The number of nitrogens with zero attached hydrogens (tertiary/aromatic N) is 2. The summed E-state index contributed by atoms with van der Waals surface area (Å²) in [6, 6.07) is 13.4. The first-order valence-corrected chi connectivity index (χ1v) is 17.5. The van der Waals surface area contributed by atoms with E-state index >= 15 is 4.79 Å². The van der Waals surface area contributed by atoms with Crippen molar-refractivity contribution in [3.8, 4) is 0 Å². The maximum Gasteiger partial charge on any atom is 0.306 e. The maximum atomic E-state index is 15.1. The molecule has 2 N–H and O–H groups in total. The number of carbonyl (C=O) groups is 4. The molecular formula is C37H42BrN3O7. The van der Waals surface area contributed by atoms with Gasteiger partial charge in [-0.3, -0.25) is 19.2 Å². The number of hydrogen-bond donors (Lipinski definition) is 2. The van der Waals surface area contributed by atoms with Crippen molar-refractivity contribution in [1.29, 1.82) is 0 Å². The third kappa shape index (κ3) is 6.23. The van der Waals surface area contributed by atoms with E-state index in [1.807, 2.05) is 80.6 Å². The zero-order chi connectivity index (χ0) is 34.0. The first kappa shape index (κ1) is 34.1. The van der Waals surface area contributed by atoms with Crippen LogP contribution in [0.25, 0.3) is 0 Å². The number of cyclic esters (lactones) is 1. The third-order valence-electron chi connectivity index (χ3n) is 9.89. The molecule has 4 aliphatic rings. The van der Waals surface area contributed by atoms with E-state index in [1.165, 1.54) is 0 Å². The minimum Gasteiger partial charge on any atom is -0.463 e. The Morgan fingerprint density at radius 3 is 2.44 bits per heavy atom. The van der Waals surface area contributed by atoms with Crippen LogP contribution in [0.4, 0.5) is 5.69 Å². The number of carbonyl (C=O) groups excluding carboxylic acids is 4. The molecule has 4 heterocycles. The number of ether oxygens (including phenoxy) is 2. The number of fused-ring (bicyclic) bond motifs is 2. The molecular weight excluding hydrogens is 678 g/mol. The molecule has 0 radical (unpaired) electrons. The number of amides is 3. The Morgan fingerprint density at radius 1 is 0.958 bits per heavy atom. The molecule has 0 aliphatic carbocycles. The standard InChI is InChI=1S/C37H42BrN3O7/c1-23-13-12-14-24(2)31(23)40-18-9-4-8-17-28(43)47-22-27(25-15-6-3-7-16-25)39-34(44)29-30-35(45)41(19-10-5-11-20-42)33(36(40)46)37(30)21-26(38)32(29)48-37/h3-4,6-7,9,12-16,21,27,29-30,32-33,42H,5,8,10-11,17-20,22H2,1-2H3,(H,39,44)/b9-4-/t27-,29-,30+,32-,33-,37+/m1/s1. The van der Waals surface area contributed by atoms with Crippen molar-refractivity contribution in [2.45, 2.75) is 69.7 Å². The fourth-order valence-electron chi connectivity index (χ4n) is 7.70. The molecule has 11 heteroatoms. The molecule has 6 atom stereocenters. The highest BCUT2D eigenvalue weighted by Gasteiger charge is 2.74. The average Bonchev–Trinajstić information content (AvgIpc) is 3.66. The Morgan fingerprint density at radius 2 is 1.71 bits per heavy atom. The Bertz CT molecular complexity index is 1610. The molecule has 6 rings (SSSR count). The molecule has 2 fully saturated rings. The molecule has 48 heavy (non-hydrogen) atoms. The normalized spacial score (nSPS) is 29.8. The monoisotopic (exact) mass is 719 g/mol. The van der Waals surface area contributed by atoms with Gasteiger partial charge < -0.3 is 29.7 Å². The van der Waals surface area contributed by atoms with E-state index in [-0.39, 0.29) is 44.5 Å². The number of nitrogens with one attached hydrogen (secondary N) is 1. The SMILES string of the molecule is Cc1cccc(C)c1N1C/C=C\CCC(=O)OC[C@H](c2ccccc2)NC(=O)[C@H]2[C@@H]3O[C@@]4(C=C3Br)[C@@H]2C(=O)N(CCCCCO)[C@@H]4C1=O. The van der Waals surface area contributed by atoms with E-state index in [0.29, 0.717) is 30.2 Å². The van der Waals surface area contributed by atoms with Gasteiger partial charge in [-0.15, -0.1) is 0 Å². The Balaban J connectivity index is 1.46. The highest BCUT2D eigenvalue weighted by Crippen LogP contribution is 2.59. The number of allylic oxidation sites excluding steroid dienone is 1. The van der Waals surface area contributed by atoms with E-state index in [2.05, 4.69) is 21.2 Å². The highest BCUT2D eigenvalue weighted by molar-refractivity contribution is 9.11. The molecule has 2 aromatic carbocycles. The summed E-state index contributed by atoms with van der Waals surface area (Å²) in [5.41, 5.74) is 1.92. The number of aliphatic hydroxyl groups excluding tert-OH is 1. The van der Waals surface area contributed by atoms with Gasteiger partial charge in [-0.2, -0.15) is 0 Å². The van der Waals surface area contributed by atoms with Gasteiger partial charge in [-0.05, 0) is 62.3 Å². The van der Waals surface area contributed by atoms with Crippen LogP contribution in [0.15, 0.2) is 71.2 Å². The molecule has 5 bridgehead atoms. The van der Waals surface area contributed by atoms with Crippen molar-refractivity contribution < 1.29 is 33.8 Å². The summed E-state index contributed by atoms with van der Waals surface area (Å²) in [4.78, 5) is 60.1. The van der Waals surface area contributed by atoms with Crippen LogP contribution in [0.3, 0.4) is 0 Å². The van der Waals surface area contributed by atoms with Crippen LogP contribution >= 0.6 is 15.9 Å². The van der Waals surface area contributed by atoms with E-state index in [9.17, 15) is 19.5 Å². The maximum absolute atomic E-state index is 15.1.